The molecule has 1 unspecified atom stereocenters. The molecule has 1 aromatic carbocycles. The molecule has 1 atom stereocenters. The number of amides is 2. The number of hydrogen-bond acceptors (Lipinski definition) is 3. The molecule has 0 aliphatic rings. The molecule has 21 heavy (non-hydrogen) atoms. The number of carbonyl (C=O) groups excluding carboxylic acids is 1. The summed E-state index contributed by atoms with van der Waals surface area (Å²) in [7, 11) is 4.02. The number of para-hydroxylation sites is 1. The van der Waals surface area contributed by atoms with Gasteiger partial charge in [-0.1, -0.05) is 18.2 Å². The normalized spacial score (nSPS) is 12.2. The van der Waals surface area contributed by atoms with Gasteiger partial charge in [-0.2, -0.15) is 0 Å². The molecule has 2 aromatic rings. The number of carbonyl (C=O) groups is 1. The summed E-state index contributed by atoms with van der Waals surface area (Å²) in [5.41, 5.74) is 0.757. The monoisotopic (exact) mass is 367 g/mol. The molecule has 2 amide bonds. The Balaban J connectivity index is 1.92. The van der Waals surface area contributed by atoms with Crippen LogP contribution in [0.1, 0.15) is 10.9 Å². The topological polar surface area (TPSA) is 44.4 Å². The Hall–Kier alpha value is -1.37. The number of urea groups is 1. The first-order chi connectivity index (χ1) is 10.1. The second kappa shape index (κ2) is 7.59. The van der Waals surface area contributed by atoms with Crippen LogP contribution in [0.3, 0.4) is 0 Å². The summed E-state index contributed by atoms with van der Waals surface area (Å²) in [5.74, 6) is 0. The highest BCUT2D eigenvalue weighted by Crippen LogP contribution is 2.23. The number of likely N-dealkylation sites (N-methyl/N-ethyl adjacent to an activating group) is 1. The van der Waals surface area contributed by atoms with Gasteiger partial charge in [0.25, 0.3) is 0 Å². The number of benzene rings is 1. The average molecular weight is 368 g/mol. The lowest BCUT2D eigenvalue weighted by molar-refractivity contribution is 0.244. The standard InChI is InChI=1S/C15H18BrN3OS/c1-19(2)13(14-8-5-9-21-14)10-17-15(20)18-12-7-4-3-6-11(12)16/h3-9,13H,10H2,1-2H3,(H2,17,18,20). The highest BCUT2D eigenvalue weighted by Gasteiger charge is 2.16. The Bertz CT molecular complexity index is 586. The first kappa shape index (κ1) is 16.0. The molecule has 0 aliphatic heterocycles. The molecular formula is C15H18BrN3OS. The van der Waals surface area contributed by atoms with Crippen LogP contribution in [0.15, 0.2) is 46.3 Å². The number of thiophene rings is 1. The van der Waals surface area contributed by atoms with Crippen molar-refractivity contribution < 1.29 is 4.79 Å². The molecule has 2 N–H and O–H groups in total. The molecule has 0 aliphatic carbocycles. The SMILES string of the molecule is CN(C)C(CNC(=O)Nc1ccccc1Br)c1cccs1. The van der Waals surface area contributed by atoms with E-state index in [1.165, 1.54) is 4.88 Å². The fraction of sp³-hybridized carbons (Fsp3) is 0.267. The van der Waals surface area contributed by atoms with Crippen molar-refractivity contribution in [3.8, 4) is 0 Å². The van der Waals surface area contributed by atoms with Crippen molar-refractivity contribution in [3.05, 3.63) is 51.1 Å². The van der Waals surface area contributed by atoms with Crippen molar-refractivity contribution in [2.24, 2.45) is 0 Å². The zero-order valence-electron chi connectivity index (χ0n) is 12.0. The van der Waals surface area contributed by atoms with E-state index in [0.29, 0.717) is 6.54 Å². The molecule has 0 bridgehead atoms. The zero-order valence-corrected chi connectivity index (χ0v) is 14.4. The Morgan fingerprint density at radius 1 is 1.29 bits per heavy atom. The molecule has 2 rings (SSSR count). The van der Waals surface area contributed by atoms with Crippen LogP contribution in [-0.2, 0) is 0 Å². The molecule has 4 nitrogen and oxygen atoms in total. The summed E-state index contributed by atoms with van der Waals surface area (Å²) in [6.45, 7) is 0.559. The summed E-state index contributed by atoms with van der Waals surface area (Å²) in [6.07, 6.45) is 0. The van der Waals surface area contributed by atoms with E-state index >= 15 is 0 Å². The van der Waals surface area contributed by atoms with Crippen LogP contribution in [0.2, 0.25) is 0 Å². The van der Waals surface area contributed by atoms with Gasteiger partial charge in [0.1, 0.15) is 0 Å². The third-order valence-corrected chi connectivity index (χ3v) is 4.74. The summed E-state index contributed by atoms with van der Waals surface area (Å²) < 4.78 is 0.863. The lowest BCUT2D eigenvalue weighted by Gasteiger charge is -2.23. The van der Waals surface area contributed by atoms with Crippen molar-refractivity contribution in [1.29, 1.82) is 0 Å². The lowest BCUT2D eigenvalue weighted by Crippen LogP contribution is -2.36. The molecule has 1 heterocycles. The minimum Gasteiger partial charge on any atom is -0.336 e. The quantitative estimate of drug-likeness (QED) is 0.840. The summed E-state index contributed by atoms with van der Waals surface area (Å²) in [5, 5.41) is 7.81. The maximum Gasteiger partial charge on any atom is 0.319 e. The van der Waals surface area contributed by atoms with E-state index in [1.54, 1.807) is 11.3 Å². The maximum atomic E-state index is 12.0. The molecule has 0 fully saturated rings. The first-order valence-electron chi connectivity index (χ1n) is 6.57. The van der Waals surface area contributed by atoms with E-state index in [9.17, 15) is 4.79 Å². The summed E-state index contributed by atoms with van der Waals surface area (Å²) in [4.78, 5) is 15.3. The predicted octanol–water partition coefficient (Wildman–Crippen LogP) is 3.94. The number of nitrogens with one attached hydrogen (secondary N) is 2. The van der Waals surface area contributed by atoms with Crippen LogP contribution in [0, 0.1) is 0 Å². The van der Waals surface area contributed by atoms with Crippen LogP contribution in [0.5, 0.6) is 0 Å². The van der Waals surface area contributed by atoms with Gasteiger partial charge in [-0.05, 0) is 53.6 Å². The molecule has 0 saturated carbocycles. The highest BCUT2D eigenvalue weighted by atomic mass is 79.9. The fourth-order valence-corrected chi connectivity index (χ4v) is 3.24. The first-order valence-corrected chi connectivity index (χ1v) is 8.24. The van der Waals surface area contributed by atoms with Gasteiger partial charge in [0.2, 0.25) is 0 Å². The van der Waals surface area contributed by atoms with Gasteiger partial charge < -0.3 is 15.5 Å². The molecule has 0 saturated heterocycles. The minimum absolute atomic E-state index is 0.176. The zero-order chi connectivity index (χ0) is 15.2. The van der Waals surface area contributed by atoms with Crippen molar-refractivity contribution >= 4 is 39.0 Å². The van der Waals surface area contributed by atoms with Crippen molar-refractivity contribution in [1.82, 2.24) is 10.2 Å². The molecule has 0 radical (unpaired) electrons. The summed E-state index contributed by atoms with van der Waals surface area (Å²) in [6, 6.07) is 11.6. The maximum absolute atomic E-state index is 12.0. The van der Waals surface area contributed by atoms with Gasteiger partial charge in [0.15, 0.2) is 0 Å². The van der Waals surface area contributed by atoms with Crippen LogP contribution in [0.25, 0.3) is 0 Å². The Morgan fingerprint density at radius 3 is 2.67 bits per heavy atom. The van der Waals surface area contributed by atoms with Crippen molar-refractivity contribution in [2.45, 2.75) is 6.04 Å². The third-order valence-electron chi connectivity index (χ3n) is 3.07. The predicted molar refractivity (Wildman–Crippen MR) is 91.9 cm³/mol. The lowest BCUT2D eigenvalue weighted by atomic mass is 10.2. The van der Waals surface area contributed by atoms with E-state index in [1.807, 2.05) is 49.8 Å². The molecule has 1 aromatic heterocycles. The largest absolute Gasteiger partial charge is 0.336 e. The van der Waals surface area contributed by atoms with Gasteiger partial charge >= 0.3 is 6.03 Å². The van der Waals surface area contributed by atoms with Gasteiger partial charge in [-0.15, -0.1) is 11.3 Å². The smallest absolute Gasteiger partial charge is 0.319 e. The number of nitrogens with zero attached hydrogens (tertiary/aromatic N) is 1. The Morgan fingerprint density at radius 2 is 2.05 bits per heavy atom. The minimum atomic E-state index is -0.203. The van der Waals surface area contributed by atoms with E-state index in [0.717, 1.165) is 10.2 Å². The van der Waals surface area contributed by atoms with Crippen LogP contribution in [-0.4, -0.2) is 31.6 Å². The van der Waals surface area contributed by atoms with Gasteiger partial charge in [-0.25, -0.2) is 4.79 Å². The highest BCUT2D eigenvalue weighted by molar-refractivity contribution is 9.10. The van der Waals surface area contributed by atoms with Crippen molar-refractivity contribution in [2.75, 3.05) is 26.0 Å². The Labute approximate surface area is 137 Å². The number of hydrogen-bond donors (Lipinski definition) is 2. The third kappa shape index (κ3) is 4.56. The van der Waals surface area contributed by atoms with E-state index in [-0.39, 0.29) is 12.1 Å². The van der Waals surface area contributed by atoms with Crippen LogP contribution in [0.4, 0.5) is 10.5 Å². The van der Waals surface area contributed by atoms with Crippen molar-refractivity contribution in [3.63, 3.8) is 0 Å². The average Bonchev–Trinajstić information content (AvgIpc) is 2.95. The van der Waals surface area contributed by atoms with Gasteiger partial charge in [0.05, 0.1) is 11.7 Å². The van der Waals surface area contributed by atoms with Gasteiger partial charge in [-0.3, -0.25) is 0 Å². The molecule has 0 spiro atoms. The Kier molecular flexibility index (Phi) is 5.78. The van der Waals surface area contributed by atoms with E-state index in [4.69, 9.17) is 0 Å². The molecule has 112 valence electrons. The van der Waals surface area contributed by atoms with Gasteiger partial charge in [0, 0.05) is 15.9 Å². The van der Waals surface area contributed by atoms with E-state index < -0.39 is 0 Å². The second-order valence-corrected chi connectivity index (χ2v) is 6.64. The van der Waals surface area contributed by atoms with Crippen LogP contribution < -0.4 is 10.6 Å². The summed E-state index contributed by atoms with van der Waals surface area (Å²) >= 11 is 5.11. The fourth-order valence-electron chi connectivity index (χ4n) is 1.94. The van der Waals surface area contributed by atoms with Crippen LogP contribution >= 0.6 is 27.3 Å². The molecule has 6 heteroatoms. The number of anilines is 1. The van der Waals surface area contributed by atoms with E-state index in [2.05, 4.69) is 37.5 Å². The molecular weight excluding hydrogens is 350 g/mol. The number of halogens is 1. The second-order valence-electron chi connectivity index (χ2n) is 4.81. The number of rotatable bonds is 5.